The van der Waals surface area contributed by atoms with Crippen LogP contribution < -0.4 is 10.2 Å². The smallest absolute Gasteiger partial charge is 0.292 e. The van der Waals surface area contributed by atoms with Gasteiger partial charge < -0.3 is 10.2 Å². The molecule has 30 heavy (non-hydrogen) atoms. The summed E-state index contributed by atoms with van der Waals surface area (Å²) in [5.41, 5.74) is 0.861. The van der Waals surface area contributed by atoms with Crippen LogP contribution in [-0.4, -0.2) is 58.4 Å². The van der Waals surface area contributed by atoms with Gasteiger partial charge in [-0.25, -0.2) is 9.97 Å². The van der Waals surface area contributed by atoms with E-state index in [1.165, 1.54) is 18.2 Å². The highest BCUT2D eigenvalue weighted by Crippen LogP contribution is 2.27. The molecule has 0 spiro atoms. The number of halogens is 1. The van der Waals surface area contributed by atoms with E-state index < -0.39 is 4.92 Å². The van der Waals surface area contributed by atoms with E-state index >= 15 is 0 Å². The van der Waals surface area contributed by atoms with Crippen LogP contribution in [-0.2, 0) is 4.79 Å². The Balaban J connectivity index is 1.58. The summed E-state index contributed by atoms with van der Waals surface area (Å²) < 4.78 is 0. The number of nitro benzene ring substituents is 1. The van der Waals surface area contributed by atoms with Gasteiger partial charge in [-0.2, -0.15) is 0 Å². The summed E-state index contributed by atoms with van der Waals surface area (Å²) in [5.74, 6) is 1.68. The molecule has 1 fully saturated rings. The lowest BCUT2D eigenvalue weighted by molar-refractivity contribution is -0.383. The van der Waals surface area contributed by atoms with Crippen LogP contribution in [0.15, 0.2) is 24.3 Å². The number of hydrogen-bond acceptors (Lipinski definition) is 7. The minimum Gasteiger partial charge on any atom is -0.354 e. The molecule has 0 radical (unpaired) electrons. The second-order valence-electron chi connectivity index (χ2n) is 7.61. The summed E-state index contributed by atoms with van der Waals surface area (Å²) in [4.78, 5) is 36.4. The van der Waals surface area contributed by atoms with Crippen LogP contribution in [0.2, 0.25) is 5.02 Å². The number of benzene rings is 1. The van der Waals surface area contributed by atoms with Gasteiger partial charge in [0.2, 0.25) is 5.91 Å². The Morgan fingerprint density at radius 3 is 2.57 bits per heavy atom. The third-order valence-corrected chi connectivity index (χ3v) is 5.10. The molecule has 1 aliphatic rings. The van der Waals surface area contributed by atoms with Crippen molar-refractivity contribution in [1.82, 2.24) is 14.9 Å². The molecule has 0 bridgehead atoms. The molecule has 9 nitrogen and oxygen atoms in total. The Bertz CT molecular complexity index is 944. The van der Waals surface area contributed by atoms with Gasteiger partial charge in [0.25, 0.3) is 5.69 Å². The van der Waals surface area contributed by atoms with Crippen LogP contribution >= 0.6 is 11.6 Å². The van der Waals surface area contributed by atoms with Crippen LogP contribution in [0.3, 0.4) is 0 Å². The quantitative estimate of drug-likeness (QED) is 0.551. The van der Waals surface area contributed by atoms with Gasteiger partial charge in [-0.15, -0.1) is 0 Å². The van der Waals surface area contributed by atoms with Crippen LogP contribution in [0, 0.1) is 17.0 Å². The Morgan fingerprint density at radius 2 is 1.93 bits per heavy atom. The van der Waals surface area contributed by atoms with Crippen LogP contribution in [0.25, 0.3) is 0 Å². The first-order chi connectivity index (χ1) is 14.2. The fourth-order valence-corrected chi connectivity index (χ4v) is 3.46. The number of carbonyl (C=O) groups excluding carboxylic acids is 1. The molecule has 0 atom stereocenters. The van der Waals surface area contributed by atoms with E-state index in [4.69, 9.17) is 11.6 Å². The maximum absolute atomic E-state index is 12.4. The largest absolute Gasteiger partial charge is 0.354 e. The highest BCUT2D eigenvalue weighted by Gasteiger charge is 2.22. The maximum atomic E-state index is 12.4. The van der Waals surface area contributed by atoms with Crippen LogP contribution in [0.1, 0.15) is 31.3 Å². The van der Waals surface area contributed by atoms with Crippen molar-refractivity contribution in [3.8, 4) is 0 Å². The molecule has 1 aromatic heterocycles. The van der Waals surface area contributed by atoms with Crippen molar-refractivity contribution in [1.29, 1.82) is 0 Å². The average Bonchev–Trinajstić information content (AvgIpc) is 2.67. The van der Waals surface area contributed by atoms with Gasteiger partial charge >= 0.3 is 0 Å². The van der Waals surface area contributed by atoms with Crippen molar-refractivity contribution in [2.75, 3.05) is 42.9 Å². The van der Waals surface area contributed by atoms with Crippen molar-refractivity contribution in [3.05, 3.63) is 50.9 Å². The molecular weight excluding hydrogens is 408 g/mol. The fraction of sp³-hybridized carbons (Fsp3) is 0.450. The van der Waals surface area contributed by atoms with Crippen molar-refractivity contribution in [2.45, 2.75) is 26.7 Å². The molecular formula is C20H25ClN6O3. The second kappa shape index (κ2) is 9.36. The standard InChI is InChI=1S/C20H25ClN6O3/c1-13(2)20-22-14(3)10-18(24-20)26-8-6-25(7-9-26)12-19(28)23-16-11-15(21)4-5-17(16)27(29)30/h4-5,10-11,13H,6-9,12H2,1-3H3,(H,23,28). The predicted octanol–water partition coefficient (Wildman–Crippen LogP) is 3.23. The van der Waals surface area contributed by atoms with Crippen molar-refractivity contribution in [2.24, 2.45) is 0 Å². The minimum atomic E-state index is -0.542. The highest BCUT2D eigenvalue weighted by molar-refractivity contribution is 6.31. The monoisotopic (exact) mass is 432 g/mol. The maximum Gasteiger partial charge on any atom is 0.292 e. The Hall–Kier alpha value is -2.78. The van der Waals surface area contributed by atoms with Gasteiger partial charge in [0.15, 0.2) is 0 Å². The van der Waals surface area contributed by atoms with E-state index in [2.05, 4.69) is 34.0 Å². The number of carbonyl (C=O) groups is 1. The van der Waals surface area contributed by atoms with E-state index in [9.17, 15) is 14.9 Å². The number of amides is 1. The highest BCUT2D eigenvalue weighted by atomic mass is 35.5. The molecule has 2 aromatic rings. The first kappa shape index (κ1) is 21.9. The minimum absolute atomic E-state index is 0.105. The number of rotatable bonds is 6. The number of anilines is 2. The topological polar surface area (TPSA) is 104 Å². The second-order valence-corrected chi connectivity index (χ2v) is 8.05. The molecule has 10 heteroatoms. The van der Waals surface area contributed by atoms with Crippen LogP contribution in [0.5, 0.6) is 0 Å². The molecule has 0 unspecified atom stereocenters. The molecule has 2 heterocycles. The summed E-state index contributed by atoms with van der Waals surface area (Å²) in [7, 11) is 0. The van der Waals surface area contributed by atoms with Crippen molar-refractivity contribution >= 4 is 34.7 Å². The molecule has 0 saturated carbocycles. The summed E-state index contributed by atoms with van der Waals surface area (Å²) in [6, 6.07) is 6.08. The lowest BCUT2D eigenvalue weighted by Gasteiger charge is -2.35. The molecule has 1 N–H and O–H groups in total. The van der Waals surface area contributed by atoms with E-state index in [1.807, 2.05) is 17.9 Å². The third kappa shape index (κ3) is 5.43. The number of nitro groups is 1. The molecule has 160 valence electrons. The van der Waals surface area contributed by atoms with Gasteiger partial charge in [0.05, 0.1) is 11.5 Å². The molecule has 0 aliphatic carbocycles. The van der Waals surface area contributed by atoms with Gasteiger partial charge in [0, 0.05) is 54.9 Å². The molecule has 1 aliphatic heterocycles. The molecule has 3 rings (SSSR count). The number of nitrogens with one attached hydrogen (secondary N) is 1. The van der Waals surface area contributed by atoms with Gasteiger partial charge in [-0.05, 0) is 19.1 Å². The summed E-state index contributed by atoms with van der Waals surface area (Å²) in [6.07, 6.45) is 0. The third-order valence-electron chi connectivity index (χ3n) is 4.87. The van der Waals surface area contributed by atoms with E-state index in [1.54, 1.807) is 0 Å². The molecule has 1 aromatic carbocycles. The average molecular weight is 433 g/mol. The predicted molar refractivity (Wildman–Crippen MR) is 116 cm³/mol. The molecule has 1 saturated heterocycles. The first-order valence-corrected chi connectivity index (χ1v) is 10.2. The van der Waals surface area contributed by atoms with Crippen LogP contribution in [0.4, 0.5) is 17.2 Å². The number of hydrogen-bond donors (Lipinski definition) is 1. The summed E-state index contributed by atoms with van der Waals surface area (Å²) >= 11 is 5.91. The number of nitrogens with zero attached hydrogens (tertiary/aromatic N) is 5. The van der Waals surface area contributed by atoms with E-state index in [-0.39, 0.29) is 29.7 Å². The zero-order valence-corrected chi connectivity index (χ0v) is 18.0. The lowest BCUT2D eigenvalue weighted by Crippen LogP contribution is -2.49. The Kier molecular flexibility index (Phi) is 6.84. The number of aryl methyl sites for hydroxylation is 1. The van der Waals surface area contributed by atoms with E-state index in [0.29, 0.717) is 18.1 Å². The van der Waals surface area contributed by atoms with Gasteiger partial charge in [0.1, 0.15) is 17.3 Å². The van der Waals surface area contributed by atoms with Crippen molar-refractivity contribution < 1.29 is 9.72 Å². The van der Waals surface area contributed by atoms with Crippen molar-refractivity contribution in [3.63, 3.8) is 0 Å². The number of piperazine rings is 1. The summed E-state index contributed by atoms with van der Waals surface area (Å²) in [6.45, 7) is 9.09. The lowest BCUT2D eigenvalue weighted by atomic mass is 10.2. The first-order valence-electron chi connectivity index (χ1n) is 9.79. The molecule has 1 amide bonds. The van der Waals surface area contributed by atoms with E-state index in [0.717, 1.165) is 30.4 Å². The van der Waals surface area contributed by atoms with Gasteiger partial charge in [-0.3, -0.25) is 19.8 Å². The normalized spacial score (nSPS) is 14.8. The Morgan fingerprint density at radius 1 is 1.23 bits per heavy atom. The fourth-order valence-electron chi connectivity index (χ4n) is 3.29. The zero-order valence-electron chi connectivity index (χ0n) is 17.3. The van der Waals surface area contributed by atoms with Gasteiger partial charge in [-0.1, -0.05) is 25.4 Å². The zero-order chi connectivity index (χ0) is 21.8. The SMILES string of the molecule is Cc1cc(N2CCN(CC(=O)Nc3cc(Cl)ccc3[N+](=O)[O-])CC2)nc(C(C)C)n1. The summed E-state index contributed by atoms with van der Waals surface area (Å²) in [5, 5.41) is 14.1. The number of aromatic nitrogens is 2. The Labute approximate surface area is 180 Å².